The van der Waals surface area contributed by atoms with E-state index >= 15 is 0 Å². The van der Waals surface area contributed by atoms with Gasteiger partial charge in [0, 0.05) is 12.4 Å². The summed E-state index contributed by atoms with van der Waals surface area (Å²) < 4.78 is 6.15. The first-order valence-corrected chi connectivity index (χ1v) is 4.84. The van der Waals surface area contributed by atoms with Gasteiger partial charge in [-0.05, 0) is 6.07 Å². The average molecular weight is 220 g/mol. The van der Waals surface area contributed by atoms with Crippen LogP contribution in [-0.2, 0) is 23.0 Å². The summed E-state index contributed by atoms with van der Waals surface area (Å²) in [6.07, 6.45) is 0.108. The molecule has 1 aromatic carbocycles. The Kier molecular flexibility index (Phi) is 2.52. The fourth-order valence-electron chi connectivity index (χ4n) is 1.73. The zero-order valence-corrected chi connectivity index (χ0v) is 9.10. The maximum absolute atomic E-state index is 11.2. The molecule has 0 saturated carbocycles. The van der Waals surface area contributed by atoms with Crippen LogP contribution in [-0.4, -0.2) is 28.0 Å². The molecule has 1 heterocycles. The van der Waals surface area contributed by atoms with Gasteiger partial charge in [0.05, 0.1) is 19.2 Å². The molecular weight excluding hydrogens is 208 g/mol. The fraction of sp³-hybridized carbons (Fsp3) is 0.273. The average Bonchev–Trinajstić information content (AvgIpc) is 2.57. The van der Waals surface area contributed by atoms with E-state index < -0.39 is 0 Å². The first kappa shape index (κ1) is 10.5. The molecule has 0 atom stereocenters. The summed E-state index contributed by atoms with van der Waals surface area (Å²) in [6, 6.07) is 5.13. The number of para-hydroxylation sites is 1. The number of aryl methyl sites for hydroxylation is 1. The predicted octanol–water partition coefficient (Wildman–Crippen LogP) is 0.994. The highest BCUT2D eigenvalue weighted by Gasteiger charge is 2.14. The molecule has 0 spiro atoms. The van der Waals surface area contributed by atoms with Crippen molar-refractivity contribution in [3.8, 4) is 5.75 Å². The van der Waals surface area contributed by atoms with Crippen LogP contribution in [0.2, 0.25) is 0 Å². The molecule has 0 unspecified atom stereocenters. The van der Waals surface area contributed by atoms with Gasteiger partial charge in [-0.1, -0.05) is 12.1 Å². The molecule has 0 aliphatic carbocycles. The number of nitrogens with zero attached hydrogens (tertiary/aromatic N) is 2. The number of rotatable bonds is 2. The Morgan fingerprint density at radius 3 is 3.00 bits per heavy atom. The van der Waals surface area contributed by atoms with E-state index in [1.807, 2.05) is 6.07 Å². The molecule has 2 rings (SSSR count). The summed E-state index contributed by atoms with van der Waals surface area (Å²) in [4.78, 5) is 11.2. The summed E-state index contributed by atoms with van der Waals surface area (Å²) in [5.41, 5.74) is 1.24. The minimum Gasteiger partial charge on any atom is -0.506 e. The molecule has 1 N–H and O–H groups in total. The molecule has 84 valence electrons. The molecule has 0 amide bonds. The van der Waals surface area contributed by atoms with E-state index in [2.05, 4.69) is 9.84 Å². The van der Waals surface area contributed by atoms with E-state index in [-0.39, 0.29) is 18.1 Å². The number of benzene rings is 1. The van der Waals surface area contributed by atoms with E-state index in [1.165, 1.54) is 7.11 Å². The maximum atomic E-state index is 11.2. The predicted molar refractivity (Wildman–Crippen MR) is 58.1 cm³/mol. The standard InChI is InChI=1S/C11H12N2O3/c1-13-11-7(4-3-5-9(11)14)8(12-13)6-10(15)16-2/h3-5,14H,6H2,1-2H3. The number of aromatic hydroxyl groups is 1. The molecule has 16 heavy (non-hydrogen) atoms. The van der Waals surface area contributed by atoms with Crippen molar-refractivity contribution in [3.05, 3.63) is 23.9 Å². The van der Waals surface area contributed by atoms with Crippen LogP contribution in [0.1, 0.15) is 5.69 Å². The van der Waals surface area contributed by atoms with Crippen molar-refractivity contribution in [2.45, 2.75) is 6.42 Å². The van der Waals surface area contributed by atoms with Gasteiger partial charge in [0.2, 0.25) is 0 Å². The van der Waals surface area contributed by atoms with Crippen molar-refractivity contribution in [3.63, 3.8) is 0 Å². The van der Waals surface area contributed by atoms with Gasteiger partial charge in [-0.2, -0.15) is 5.10 Å². The molecule has 0 aliphatic heterocycles. The lowest BCUT2D eigenvalue weighted by Gasteiger charge is -1.97. The number of hydrogen-bond donors (Lipinski definition) is 1. The minimum atomic E-state index is -0.344. The van der Waals surface area contributed by atoms with Crippen LogP contribution in [0.15, 0.2) is 18.2 Å². The molecule has 5 nitrogen and oxygen atoms in total. The van der Waals surface area contributed by atoms with Crippen LogP contribution < -0.4 is 0 Å². The Bertz CT molecular complexity index is 545. The normalized spacial score (nSPS) is 10.6. The molecule has 0 fully saturated rings. The van der Waals surface area contributed by atoms with Gasteiger partial charge in [-0.15, -0.1) is 0 Å². The van der Waals surface area contributed by atoms with Crippen molar-refractivity contribution in [2.75, 3.05) is 7.11 Å². The Balaban J connectivity index is 2.55. The maximum Gasteiger partial charge on any atom is 0.311 e. The number of phenolic OH excluding ortho intramolecular Hbond substituents is 1. The number of hydrogen-bond acceptors (Lipinski definition) is 4. The Hall–Kier alpha value is -2.04. The van der Waals surface area contributed by atoms with Gasteiger partial charge in [0.1, 0.15) is 11.3 Å². The van der Waals surface area contributed by atoms with Crippen molar-refractivity contribution < 1.29 is 14.6 Å². The quantitative estimate of drug-likeness (QED) is 0.767. The van der Waals surface area contributed by atoms with Crippen LogP contribution in [0.4, 0.5) is 0 Å². The summed E-state index contributed by atoms with van der Waals surface area (Å²) in [6.45, 7) is 0. The molecule has 0 bridgehead atoms. The second-order valence-corrected chi connectivity index (χ2v) is 3.50. The molecule has 0 radical (unpaired) electrons. The first-order valence-electron chi connectivity index (χ1n) is 4.84. The van der Waals surface area contributed by atoms with E-state index in [1.54, 1.807) is 23.9 Å². The number of phenols is 1. The number of carbonyl (C=O) groups excluding carboxylic acids is 1. The molecular formula is C11H12N2O3. The lowest BCUT2D eigenvalue weighted by Crippen LogP contribution is -2.05. The van der Waals surface area contributed by atoms with Crippen LogP contribution >= 0.6 is 0 Å². The Morgan fingerprint density at radius 1 is 1.56 bits per heavy atom. The second kappa shape index (κ2) is 3.84. The van der Waals surface area contributed by atoms with Crippen molar-refractivity contribution in [1.82, 2.24) is 9.78 Å². The van der Waals surface area contributed by atoms with Crippen LogP contribution in [0, 0.1) is 0 Å². The highest BCUT2D eigenvalue weighted by molar-refractivity contribution is 5.89. The van der Waals surface area contributed by atoms with Gasteiger partial charge in [0.15, 0.2) is 0 Å². The molecule has 2 aromatic rings. The third kappa shape index (κ3) is 1.60. The molecule has 0 aliphatic rings. The summed E-state index contributed by atoms with van der Waals surface area (Å²) in [7, 11) is 3.06. The monoisotopic (exact) mass is 220 g/mol. The highest BCUT2D eigenvalue weighted by Crippen LogP contribution is 2.26. The number of carbonyl (C=O) groups is 1. The number of aromatic nitrogens is 2. The third-order valence-corrected chi connectivity index (χ3v) is 2.46. The molecule has 5 heteroatoms. The van der Waals surface area contributed by atoms with E-state index in [4.69, 9.17) is 0 Å². The Morgan fingerprint density at radius 2 is 2.31 bits per heavy atom. The van der Waals surface area contributed by atoms with E-state index in [9.17, 15) is 9.90 Å². The topological polar surface area (TPSA) is 64.3 Å². The number of esters is 1. The van der Waals surface area contributed by atoms with Crippen LogP contribution in [0.25, 0.3) is 10.9 Å². The lowest BCUT2D eigenvalue weighted by molar-refractivity contribution is -0.139. The smallest absolute Gasteiger partial charge is 0.311 e. The lowest BCUT2D eigenvalue weighted by atomic mass is 10.1. The summed E-state index contributed by atoms with van der Waals surface area (Å²) >= 11 is 0. The second-order valence-electron chi connectivity index (χ2n) is 3.50. The number of ether oxygens (including phenoxy) is 1. The molecule has 1 aromatic heterocycles. The number of methoxy groups -OCH3 is 1. The van der Waals surface area contributed by atoms with Crippen LogP contribution in [0.5, 0.6) is 5.75 Å². The van der Waals surface area contributed by atoms with E-state index in [0.717, 1.165) is 5.39 Å². The van der Waals surface area contributed by atoms with E-state index in [0.29, 0.717) is 11.2 Å². The Labute approximate surface area is 92.2 Å². The zero-order chi connectivity index (χ0) is 11.7. The largest absolute Gasteiger partial charge is 0.506 e. The van der Waals surface area contributed by atoms with Gasteiger partial charge in [-0.3, -0.25) is 9.48 Å². The van der Waals surface area contributed by atoms with Crippen molar-refractivity contribution in [1.29, 1.82) is 0 Å². The van der Waals surface area contributed by atoms with Gasteiger partial charge >= 0.3 is 5.97 Å². The summed E-state index contributed by atoms with van der Waals surface area (Å²) in [5.74, 6) is -0.188. The highest BCUT2D eigenvalue weighted by atomic mass is 16.5. The van der Waals surface area contributed by atoms with Gasteiger partial charge < -0.3 is 9.84 Å². The fourth-order valence-corrected chi connectivity index (χ4v) is 1.73. The minimum absolute atomic E-state index is 0.108. The first-order chi connectivity index (χ1) is 7.63. The molecule has 0 saturated heterocycles. The summed E-state index contributed by atoms with van der Waals surface area (Å²) in [5, 5.41) is 14.6. The van der Waals surface area contributed by atoms with Crippen molar-refractivity contribution in [2.24, 2.45) is 7.05 Å². The van der Waals surface area contributed by atoms with Gasteiger partial charge in [0.25, 0.3) is 0 Å². The van der Waals surface area contributed by atoms with Gasteiger partial charge in [-0.25, -0.2) is 0 Å². The van der Waals surface area contributed by atoms with Crippen LogP contribution in [0.3, 0.4) is 0 Å². The van der Waals surface area contributed by atoms with Crippen molar-refractivity contribution >= 4 is 16.9 Å². The third-order valence-electron chi connectivity index (χ3n) is 2.46. The zero-order valence-electron chi connectivity index (χ0n) is 9.10. The SMILES string of the molecule is COC(=O)Cc1nn(C)c2c(O)cccc12. The number of fused-ring (bicyclic) bond motifs is 1.